The van der Waals surface area contributed by atoms with Crippen LogP contribution < -0.4 is 5.73 Å². The second kappa shape index (κ2) is 5.29. The third-order valence-corrected chi connectivity index (χ3v) is 4.15. The van der Waals surface area contributed by atoms with E-state index in [-0.39, 0.29) is 0 Å². The highest BCUT2D eigenvalue weighted by atomic mass is 15.0. The van der Waals surface area contributed by atoms with E-state index in [1.165, 1.54) is 11.1 Å². The van der Waals surface area contributed by atoms with Crippen molar-refractivity contribution in [2.45, 2.75) is 6.92 Å². The number of anilines is 1. The number of fused-ring (bicyclic) bond motifs is 1. The molecule has 0 aliphatic carbocycles. The fourth-order valence-electron chi connectivity index (χ4n) is 2.90. The number of imidazole rings is 1. The highest BCUT2D eigenvalue weighted by molar-refractivity contribution is 5.71. The van der Waals surface area contributed by atoms with E-state index in [4.69, 9.17) is 10.7 Å². The van der Waals surface area contributed by atoms with Crippen LogP contribution >= 0.6 is 0 Å². The van der Waals surface area contributed by atoms with Crippen LogP contribution in [0, 0.1) is 6.92 Å². The van der Waals surface area contributed by atoms with Crippen LogP contribution in [0.2, 0.25) is 0 Å². The van der Waals surface area contributed by atoms with Crippen molar-refractivity contribution >= 4 is 11.3 Å². The van der Waals surface area contributed by atoms with Crippen LogP contribution in [0.3, 0.4) is 0 Å². The summed E-state index contributed by atoms with van der Waals surface area (Å²) >= 11 is 0. The molecule has 2 aromatic heterocycles. The quantitative estimate of drug-likeness (QED) is 0.589. The summed E-state index contributed by atoms with van der Waals surface area (Å²) < 4.78 is 2.04. The molecule has 0 saturated carbocycles. The van der Waals surface area contributed by atoms with Gasteiger partial charge in [-0.3, -0.25) is 0 Å². The van der Waals surface area contributed by atoms with Gasteiger partial charge in [0, 0.05) is 23.1 Å². The highest BCUT2D eigenvalue weighted by Crippen LogP contribution is 2.27. The van der Waals surface area contributed by atoms with Crippen LogP contribution in [0.5, 0.6) is 0 Å². The maximum Gasteiger partial charge on any atom is 0.137 e. The molecule has 4 aromatic rings. The topological polar surface area (TPSA) is 43.3 Å². The van der Waals surface area contributed by atoms with Crippen LogP contribution in [-0.2, 0) is 0 Å². The number of nitrogens with two attached hydrogens (primary N) is 1. The lowest BCUT2D eigenvalue weighted by Gasteiger charge is -2.04. The number of nitrogens with zero attached hydrogens (tertiary/aromatic N) is 2. The van der Waals surface area contributed by atoms with E-state index < -0.39 is 0 Å². The van der Waals surface area contributed by atoms with Crippen LogP contribution in [0.1, 0.15) is 5.69 Å². The van der Waals surface area contributed by atoms with Gasteiger partial charge in [0.05, 0.1) is 5.69 Å². The van der Waals surface area contributed by atoms with Gasteiger partial charge in [0.2, 0.25) is 0 Å². The number of rotatable bonds is 2. The van der Waals surface area contributed by atoms with Crippen molar-refractivity contribution in [1.29, 1.82) is 0 Å². The molecule has 112 valence electrons. The van der Waals surface area contributed by atoms with Crippen molar-refractivity contribution in [3.05, 3.63) is 78.6 Å². The van der Waals surface area contributed by atoms with Gasteiger partial charge in [0.25, 0.3) is 0 Å². The van der Waals surface area contributed by atoms with Crippen LogP contribution in [0.15, 0.2) is 72.9 Å². The van der Waals surface area contributed by atoms with Gasteiger partial charge < -0.3 is 10.1 Å². The monoisotopic (exact) mass is 299 g/mol. The number of aryl methyl sites for hydroxylation is 1. The number of hydrogen-bond acceptors (Lipinski definition) is 2. The first kappa shape index (κ1) is 13.6. The molecule has 2 N–H and O–H groups in total. The minimum Gasteiger partial charge on any atom is -0.398 e. The van der Waals surface area contributed by atoms with Crippen molar-refractivity contribution in [2.75, 3.05) is 5.73 Å². The zero-order valence-corrected chi connectivity index (χ0v) is 12.9. The summed E-state index contributed by atoms with van der Waals surface area (Å²) in [6, 6.07) is 22.7. The van der Waals surface area contributed by atoms with Gasteiger partial charge in [-0.15, -0.1) is 0 Å². The lowest BCUT2D eigenvalue weighted by atomic mass is 10.0. The predicted octanol–water partition coefficient (Wildman–Crippen LogP) is 4.56. The van der Waals surface area contributed by atoms with E-state index >= 15 is 0 Å². The molecule has 0 spiro atoms. The number of hydrogen-bond donors (Lipinski definition) is 1. The summed E-state index contributed by atoms with van der Waals surface area (Å²) in [7, 11) is 0. The minimum atomic E-state index is 0.740. The first-order chi connectivity index (χ1) is 11.2. The van der Waals surface area contributed by atoms with E-state index in [9.17, 15) is 0 Å². The van der Waals surface area contributed by atoms with Crippen molar-refractivity contribution in [2.24, 2.45) is 0 Å². The smallest absolute Gasteiger partial charge is 0.137 e. The molecular formula is C20H17N3. The Hall–Kier alpha value is -3.07. The minimum absolute atomic E-state index is 0.740. The standard InChI is InChI=1S/C20H17N3/c1-14-20(22-19-12-11-18(21)13-23(14)19)17-9-7-16(8-10-17)15-5-3-2-4-6-15/h2-13H,21H2,1H3. The third-order valence-electron chi connectivity index (χ3n) is 4.15. The Bertz CT molecular complexity index is 967. The summed E-state index contributed by atoms with van der Waals surface area (Å²) in [4.78, 5) is 4.73. The second-order valence-electron chi connectivity index (χ2n) is 5.68. The molecule has 23 heavy (non-hydrogen) atoms. The molecule has 0 bridgehead atoms. The van der Waals surface area contributed by atoms with Gasteiger partial charge in [-0.2, -0.15) is 0 Å². The summed E-state index contributed by atoms with van der Waals surface area (Å²) in [5, 5.41) is 0. The van der Waals surface area contributed by atoms with E-state index in [2.05, 4.69) is 55.5 Å². The highest BCUT2D eigenvalue weighted by Gasteiger charge is 2.10. The Labute approximate surface area is 135 Å². The second-order valence-corrected chi connectivity index (χ2v) is 5.68. The lowest BCUT2D eigenvalue weighted by molar-refractivity contribution is 1.11. The average molecular weight is 299 g/mol. The Morgan fingerprint density at radius 3 is 2.17 bits per heavy atom. The Morgan fingerprint density at radius 1 is 0.783 bits per heavy atom. The zero-order valence-electron chi connectivity index (χ0n) is 12.9. The molecule has 3 nitrogen and oxygen atoms in total. The average Bonchev–Trinajstić information content (AvgIpc) is 2.92. The first-order valence-corrected chi connectivity index (χ1v) is 7.62. The number of benzene rings is 2. The first-order valence-electron chi connectivity index (χ1n) is 7.62. The van der Waals surface area contributed by atoms with Crippen LogP contribution in [0.4, 0.5) is 5.69 Å². The van der Waals surface area contributed by atoms with Gasteiger partial charge in [-0.05, 0) is 30.2 Å². The third kappa shape index (κ3) is 2.36. The molecule has 2 aromatic carbocycles. The number of nitrogen functional groups attached to an aromatic ring is 1. The molecule has 0 radical (unpaired) electrons. The van der Waals surface area contributed by atoms with Gasteiger partial charge in [0.15, 0.2) is 0 Å². The van der Waals surface area contributed by atoms with Crippen LogP contribution in [-0.4, -0.2) is 9.38 Å². The van der Waals surface area contributed by atoms with Gasteiger partial charge >= 0.3 is 0 Å². The zero-order chi connectivity index (χ0) is 15.8. The lowest BCUT2D eigenvalue weighted by Crippen LogP contribution is -1.91. The molecule has 0 saturated heterocycles. The predicted molar refractivity (Wildman–Crippen MR) is 95.2 cm³/mol. The molecular weight excluding hydrogens is 282 g/mol. The molecule has 4 rings (SSSR count). The van der Waals surface area contributed by atoms with E-state index in [0.29, 0.717) is 0 Å². The SMILES string of the molecule is Cc1c(-c2ccc(-c3ccccc3)cc2)nc2ccc(N)cn12. The Morgan fingerprint density at radius 2 is 1.43 bits per heavy atom. The normalized spacial score (nSPS) is 11.0. The molecule has 0 fully saturated rings. The van der Waals surface area contributed by atoms with E-state index in [1.807, 2.05) is 28.8 Å². The summed E-state index contributed by atoms with van der Waals surface area (Å²) in [5.41, 5.74) is 13.2. The molecule has 0 atom stereocenters. The van der Waals surface area contributed by atoms with Gasteiger partial charge in [0.1, 0.15) is 5.65 Å². The number of aromatic nitrogens is 2. The Kier molecular flexibility index (Phi) is 3.12. The molecule has 3 heteroatoms. The molecule has 0 aliphatic rings. The van der Waals surface area contributed by atoms with Crippen LogP contribution in [0.25, 0.3) is 28.0 Å². The van der Waals surface area contributed by atoms with Crippen molar-refractivity contribution in [3.63, 3.8) is 0 Å². The fourth-order valence-corrected chi connectivity index (χ4v) is 2.90. The molecule has 0 amide bonds. The van der Waals surface area contributed by atoms with E-state index in [0.717, 1.165) is 28.3 Å². The van der Waals surface area contributed by atoms with Gasteiger partial charge in [-0.25, -0.2) is 4.98 Å². The summed E-state index contributed by atoms with van der Waals surface area (Å²) in [6.07, 6.45) is 1.92. The molecule has 2 heterocycles. The van der Waals surface area contributed by atoms with Crippen molar-refractivity contribution < 1.29 is 0 Å². The maximum atomic E-state index is 5.88. The summed E-state index contributed by atoms with van der Waals surface area (Å²) in [5.74, 6) is 0. The number of pyridine rings is 1. The van der Waals surface area contributed by atoms with Crippen molar-refractivity contribution in [3.8, 4) is 22.4 Å². The molecule has 0 unspecified atom stereocenters. The van der Waals surface area contributed by atoms with Crippen molar-refractivity contribution in [1.82, 2.24) is 9.38 Å². The Balaban J connectivity index is 1.78. The fraction of sp³-hybridized carbons (Fsp3) is 0.0500. The van der Waals surface area contributed by atoms with Gasteiger partial charge in [-0.1, -0.05) is 54.6 Å². The summed E-state index contributed by atoms with van der Waals surface area (Å²) in [6.45, 7) is 2.07. The largest absolute Gasteiger partial charge is 0.398 e. The molecule has 0 aliphatic heterocycles. The van der Waals surface area contributed by atoms with E-state index in [1.54, 1.807) is 0 Å². The maximum absolute atomic E-state index is 5.88.